The fourth-order valence-electron chi connectivity index (χ4n) is 2.05. The fraction of sp³-hybridized carbons (Fsp3) is 1.00. The lowest BCUT2D eigenvalue weighted by molar-refractivity contribution is -0.272. The highest BCUT2D eigenvalue weighted by atomic mass is 19.4. The summed E-state index contributed by atoms with van der Waals surface area (Å²) in [5.41, 5.74) is -2.49. The van der Waals surface area contributed by atoms with Crippen molar-refractivity contribution in [2.24, 2.45) is 0 Å². The molecule has 1 aliphatic heterocycles. The fourth-order valence-corrected chi connectivity index (χ4v) is 2.05. The van der Waals surface area contributed by atoms with Crippen molar-refractivity contribution in [1.82, 2.24) is 4.90 Å². The highest BCUT2D eigenvalue weighted by Gasteiger charge is 2.54. The molecule has 0 aliphatic carbocycles. The molecule has 17 heavy (non-hydrogen) atoms. The molecule has 6 heteroatoms. The Labute approximate surface area is 99.2 Å². The van der Waals surface area contributed by atoms with Crippen molar-refractivity contribution in [3.8, 4) is 0 Å². The third-order valence-corrected chi connectivity index (χ3v) is 3.34. The zero-order chi connectivity index (χ0) is 12.9. The lowest BCUT2D eigenvalue weighted by Crippen LogP contribution is -2.53. The molecule has 0 saturated carbocycles. The summed E-state index contributed by atoms with van der Waals surface area (Å²) >= 11 is 0. The van der Waals surface area contributed by atoms with E-state index < -0.39 is 11.8 Å². The molecule has 0 aromatic rings. The van der Waals surface area contributed by atoms with Crippen molar-refractivity contribution in [3.63, 3.8) is 0 Å². The summed E-state index contributed by atoms with van der Waals surface area (Å²) in [7, 11) is 0. The molecule has 0 unspecified atom stereocenters. The molecule has 0 amide bonds. The number of nitrogens with zero attached hydrogens (tertiary/aromatic N) is 1. The van der Waals surface area contributed by atoms with Crippen LogP contribution in [0, 0.1) is 0 Å². The molecule has 1 aliphatic rings. The zero-order valence-electron chi connectivity index (χ0n) is 9.84. The van der Waals surface area contributed by atoms with Crippen LogP contribution in [0.5, 0.6) is 0 Å². The lowest BCUT2D eigenvalue weighted by atomic mass is 9.90. The topological polar surface area (TPSA) is 43.7 Å². The minimum atomic E-state index is -4.52. The van der Waals surface area contributed by atoms with E-state index in [2.05, 4.69) is 0 Å². The maximum absolute atomic E-state index is 12.5. The van der Waals surface area contributed by atoms with E-state index >= 15 is 0 Å². The molecule has 0 bridgehead atoms. The van der Waals surface area contributed by atoms with E-state index in [1.807, 2.05) is 4.90 Å². The average molecular weight is 255 g/mol. The molecule has 0 radical (unpaired) electrons. The first-order chi connectivity index (χ1) is 7.89. The van der Waals surface area contributed by atoms with Crippen LogP contribution in [-0.4, -0.2) is 53.1 Å². The Morgan fingerprint density at radius 3 is 2.12 bits per heavy atom. The van der Waals surface area contributed by atoms with Crippen LogP contribution in [0.15, 0.2) is 0 Å². The van der Waals surface area contributed by atoms with Gasteiger partial charge in [0.25, 0.3) is 0 Å². The van der Waals surface area contributed by atoms with E-state index in [0.717, 1.165) is 25.8 Å². The van der Waals surface area contributed by atoms with Crippen LogP contribution in [0.1, 0.15) is 32.1 Å². The van der Waals surface area contributed by atoms with Gasteiger partial charge in [-0.15, -0.1) is 0 Å². The normalized spacial score (nSPS) is 21.7. The molecular weight excluding hydrogens is 235 g/mol. The monoisotopic (exact) mass is 255 g/mol. The van der Waals surface area contributed by atoms with Gasteiger partial charge < -0.3 is 15.1 Å². The summed E-state index contributed by atoms with van der Waals surface area (Å²) in [4.78, 5) is 1.94. The van der Waals surface area contributed by atoms with Crippen LogP contribution in [0.4, 0.5) is 13.2 Å². The number of alkyl halides is 3. The summed E-state index contributed by atoms with van der Waals surface area (Å²) in [5, 5.41) is 18.0. The minimum absolute atomic E-state index is 0.161. The van der Waals surface area contributed by atoms with Gasteiger partial charge in [0, 0.05) is 19.7 Å². The van der Waals surface area contributed by atoms with Gasteiger partial charge in [-0.3, -0.25) is 0 Å². The molecule has 0 spiro atoms. The SMILES string of the molecule is OCCCCCN1CCC(O)(C(F)(F)F)CC1. The van der Waals surface area contributed by atoms with Crippen LogP contribution >= 0.6 is 0 Å². The van der Waals surface area contributed by atoms with Crippen molar-refractivity contribution < 1.29 is 23.4 Å². The first kappa shape index (κ1) is 14.7. The van der Waals surface area contributed by atoms with Gasteiger partial charge in [0.1, 0.15) is 0 Å². The predicted molar refractivity (Wildman–Crippen MR) is 57.6 cm³/mol. The largest absolute Gasteiger partial charge is 0.417 e. The standard InChI is InChI=1S/C11H20F3NO2/c12-11(13,14)10(17)4-7-15(8-5-10)6-2-1-3-9-16/h16-17H,1-9H2. The summed E-state index contributed by atoms with van der Waals surface area (Å²) in [6.45, 7) is 1.48. The lowest BCUT2D eigenvalue weighted by Gasteiger charge is -2.39. The number of aliphatic hydroxyl groups is 2. The van der Waals surface area contributed by atoms with E-state index in [4.69, 9.17) is 5.11 Å². The van der Waals surface area contributed by atoms with Gasteiger partial charge in [-0.25, -0.2) is 0 Å². The van der Waals surface area contributed by atoms with Gasteiger partial charge in [0.15, 0.2) is 5.60 Å². The molecule has 1 saturated heterocycles. The van der Waals surface area contributed by atoms with Crippen LogP contribution in [0.2, 0.25) is 0 Å². The van der Waals surface area contributed by atoms with Crippen LogP contribution < -0.4 is 0 Å². The van der Waals surface area contributed by atoms with Crippen molar-refractivity contribution >= 4 is 0 Å². The minimum Gasteiger partial charge on any atom is -0.396 e. The number of hydrogen-bond acceptors (Lipinski definition) is 3. The molecule has 3 nitrogen and oxygen atoms in total. The molecule has 1 heterocycles. The van der Waals surface area contributed by atoms with Crippen molar-refractivity contribution in [2.45, 2.75) is 43.9 Å². The van der Waals surface area contributed by atoms with Gasteiger partial charge in [-0.05, 0) is 38.6 Å². The quantitative estimate of drug-likeness (QED) is 0.732. The maximum Gasteiger partial charge on any atom is 0.417 e. The van der Waals surface area contributed by atoms with E-state index in [1.54, 1.807) is 0 Å². The van der Waals surface area contributed by atoms with E-state index in [-0.39, 0.29) is 32.5 Å². The third-order valence-electron chi connectivity index (χ3n) is 3.34. The van der Waals surface area contributed by atoms with Crippen molar-refractivity contribution in [3.05, 3.63) is 0 Å². The Balaban J connectivity index is 2.26. The second-order valence-corrected chi connectivity index (χ2v) is 4.66. The summed E-state index contributed by atoms with van der Waals surface area (Å²) < 4.78 is 37.5. The van der Waals surface area contributed by atoms with Gasteiger partial charge in [0.2, 0.25) is 0 Å². The van der Waals surface area contributed by atoms with Crippen LogP contribution in [-0.2, 0) is 0 Å². The van der Waals surface area contributed by atoms with E-state index in [9.17, 15) is 18.3 Å². The number of hydrogen-bond donors (Lipinski definition) is 2. The second kappa shape index (κ2) is 6.02. The molecule has 0 aromatic carbocycles. The van der Waals surface area contributed by atoms with Gasteiger partial charge in [-0.2, -0.15) is 13.2 Å². The van der Waals surface area contributed by atoms with Crippen molar-refractivity contribution in [2.75, 3.05) is 26.2 Å². The number of likely N-dealkylation sites (tertiary alicyclic amines) is 1. The Morgan fingerprint density at radius 2 is 1.65 bits per heavy atom. The number of unbranched alkanes of at least 4 members (excludes halogenated alkanes) is 2. The number of aliphatic hydroxyl groups excluding tert-OH is 1. The molecular formula is C11H20F3NO2. The van der Waals surface area contributed by atoms with Crippen molar-refractivity contribution in [1.29, 1.82) is 0 Å². The number of halogens is 3. The zero-order valence-corrected chi connectivity index (χ0v) is 9.84. The smallest absolute Gasteiger partial charge is 0.396 e. The molecule has 102 valence electrons. The van der Waals surface area contributed by atoms with Gasteiger partial charge >= 0.3 is 6.18 Å². The number of rotatable bonds is 5. The first-order valence-corrected chi connectivity index (χ1v) is 6.01. The van der Waals surface area contributed by atoms with E-state index in [0.29, 0.717) is 0 Å². The summed E-state index contributed by atoms with van der Waals surface area (Å²) in [6, 6.07) is 0. The molecule has 1 rings (SSSR count). The number of piperidine rings is 1. The Bertz CT molecular complexity index is 225. The highest BCUT2D eigenvalue weighted by molar-refractivity contribution is 4.91. The maximum atomic E-state index is 12.5. The Morgan fingerprint density at radius 1 is 1.06 bits per heavy atom. The van der Waals surface area contributed by atoms with Gasteiger partial charge in [-0.1, -0.05) is 0 Å². The van der Waals surface area contributed by atoms with E-state index in [1.165, 1.54) is 0 Å². The third kappa shape index (κ3) is 4.12. The molecule has 1 fully saturated rings. The molecule has 0 atom stereocenters. The summed E-state index contributed by atoms with van der Waals surface area (Å²) in [6.07, 6.45) is -2.50. The highest BCUT2D eigenvalue weighted by Crippen LogP contribution is 2.38. The van der Waals surface area contributed by atoms with Crippen LogP contribution in [0.25, 0.3) is 0 Å². The first-order valence-electron chi connectivity index (χ1n) is 6.01. The predicted octanol–water partition coefficient (Wildman–Crippen LogP) is 1.54. The molecule has 0 aromatic heterocycles. The Kier molecular flexibility index (Phi) is 5.22. The van der Waals surface area contributed by atoms with Gasteiger partial charge in [0.05, 0.1) is 0 Å². The molecule has 2 N–H and O–H groups in total. The second-order valence-electron chi connectivity index (χ2n) is 4.66. The Hall–Kier alpha value is -0.330. The average Bonchev–Trinajstić information content (AvgIpc) is 2.25. The summed E-state index contributed by atoms with van der Waals surface area (Å²) in [5.74, 6) is 0. The van der Waals surface area contributed by atoms with Crippen LogP contribution in [0.3, 0.4) is 0 Å².